The Balaban J connectivity index is 1.60. The number of hydrogen-bond acceptors (Lipinski definition) is 7. The Morgan fingerprint density at radius 3 is 2.67 bits per heavy atom. The maximum absolute atomic E-state index is 12.1. The van der Waals surface area contributed by atoms with Crippen LogP contribution in [0, 0.1) is 0 Å². The zero-order valence-electron chi connectivity index (χ0n) is 17.2. The van der Waals surface area contributed by atoms with Crippen molar-refractivity contribution in [3.8, 4) is 22.5 Å². The molecule has 5 aromatic rings. The monoisotopic (exact) mass is 462 g/mol. The van der Waals surface area contributed by atoms with Gasteiger partial charge in [0.2, 0.25) is 10.0 Å². The van der Waals surface area contributed by atoms with Gasteiger partial charge in [-0.05, 0) is 30.3 Å². The molecule has 0 fully saturated rings. The first-order chi connectivity index (χ1) is 15.8. The minimum Gasteiger partial charge on any atom is -0.353 e. The van der Waals surface area contributed by atoms with Crippen LogP contribution in [-0.4, -0.2) is 45.7 Å². The first-order valence-electron chi connectivity index (χ1n) is 9.73. The molecule has 1 aromatic carbocycles. The van der Waals surface area contributed by atoms with Crippen molar-refractivity contribution in [2.24, 2.45) is 5.84 Å². The lowest BCUT2D eigenvalue weighted by atomic mass is 10.1. The molecular weight excluding hydrogens is 444 g/mol. The fraction of sp³-hybridized carbons (Fsp3) is 0.0476. The van der Waals surface area contributed by atoms with E-state index in [1.54, 1.807) is 30.6 Å². The Morgan fingerprint density at radius 2 is 1.88 bits per heavy atom. The number of hydrogen-bond donors (Lipinski definition) is 5. The Labute approximate surface area is 187 Å². The number of H-pyrrole nitrogens is 2. The molecule has 0 aliphatic heterocycles. The molecule has 0 spiro atoms. The van der Waals surface area contributed by atoms with E-state index >= 15 is 0 Å². The number of hydrazine groups is 1. The standard InChI is InChI=1S/C21H18N8O3S/c1-33(31,32)29-13-5-11(8-23-10-13)12-6-16-19(27-28-20(16)24-9-12)18-7-15-14(21(30)26-22)3-2-4-17(15)25-18/h2-10,25,29H,22H2,1H3,(H,26,30)(H,24,27,28). The van der Waals surface area contributed by atoms with E-state index in [1.165, 1.54) is 6.20 Å². The molecule has 4 heterocycles. The molecule has 6 N–H and O–H groups in total. The average molecular weight is 462 g/mol. The molecule has 0 atom stereocenters. The van der Waals surface area contributed by atoms with E-state index in [2.05, 4.69) is 35.3 Å². The van der Waals surface area contributed by atoms with Crippen LogP contribution in [0.5, 0.6) is 0 Å². The number of rotatable bonds is 5. The number of aromatic nitrogens is 5. The van der Waals surface area contributed by atoms with Gasteiger partial charge in [0.15, 0.2) is 5.65 Å². The highest BCUT2D eigenvalue weighted by Gasteiger charge is 2.16. The lowest BCUT2D eigenvalue weighted by Gasteiger charge is -2.06. The summed E-state index contributed by atoms with van der Waals surface area (Å²) >= 11 is 0. The minimum absolute atomic E-state index is 0.351. The maximum Gasteiger partial charge on any atom is 0.265 e. The fourth-order valence-corrected chi connectivity index (χ4v) is 4.24. The maximum atomic E-state index is 12.1. The molecule has 4 aromatic heterocycles. The number of pyridine rings is 2. The van der Waals surface area contributed by atoms with Gasteiger partial charge in [-0.3, -0.25) is 25.0 Å². The Morgan fingerprint density at radius 1 is 1.06 bits per heavy atom. The second-order valence-corrected chi connectivity index (χ2v) is 9.20. The molecule has 0 saturated heterocycles. The van der Waals surface area contributed by atoms with E-state index < -0.39 is 10.0 Å². The van der Waals surface area contributed by atoms with Crippen LogP contribution in [0.2, 0.25) is 0 Å². The molecule has 12 heteroatoms. The van der Waals surface area contributed by atoms with Crippen LogP contribution in [0.3, 0.4) is 0 Å². The summed E-state index contributed by atoms with van der Waals surface area (Å²) in [7, 11) is -3.43. The van der Waals surface area contributed by atoms with Crippen molar-refractivity contribution in [2.45, 2.75) is 0 Å². The Bertz CT molecular complexity index is 1640. The van der Waals surface area contributed by atoms with Crippen molar-refractivity contribution >= 4 is 43.6 Å². The van der Waals surface area contributed by atoms with E-state index in [-0.39, 0.29) is 5.91 Å². The summed E-state index contributed by atoms with van der Waals surface area (Å²) < 4.78 is 25.5. The topological polar surface area (TPSA) is 172 Å². The molecule has 0 bridgehead atoms. The van der Waals surface area contributed by atoms with Gasteiger partial charge in [0.05, 0.1) is 35.1 Å². The van der Waals surface area contributed by atoms with Crippen LogP contribution < -0.4 is 16.0 Å². The third kappa shape index (κ3) is 3.88. The molecule has 11 nitrogen and oxygen atoms in total. The van der Waals surface area contributed by atoms with E-state index in [0.29, 0.717) is 39.2 Å². The van der Waals surface area contributed by atoms with Gasteiger partial charge in [0.1, 0.15) is 0 Å². The first kappa shape index (κ1) is 20.6. The van der Waals surface area contributed by atoms with Gasteiger partial charge in [-0.2, -0.15) is 5.10 Å². The molecule has 166 valence electrons. The van der Waals surface area contributed by atoms with Gasteiger partial charge in [0.25, 0.3) is 5.91 Å². The van der Waals surface area contributed by atoms with Crippen molar-refractivity contribution in [1.82, 2.24) is 30.6 Å². The largest absolute Gasteiger partial charge is 0.353 e. The van der Waals surface area contributed by atoms with Gasteiger partial charge < -0.3 is 4.98 Å². The van der Waals surface area contributed by atoms with E-state index in [4.69, 9.17) is 5.84 Å². The predicted molar refractivity (Wildman–Crippen MR) is 125 cm³/mol. The average Bonchev–Trinajstić information content (AvgIpc) is 3.40. The van der Waals surface area contributed by atoms with Crippen LogP contribution >= 0.6 is 0 Å². The van der Waals surface area contributed by atoms with Crippen molar-refractivity contribution < 1.29 is 13.2 Å². The summed E-state index contributed by atoms with van der Waals surface area (Å²) in [6.45, 7) is 0. The first-order valence-corrected chi connectivity index (χ1v) is 11.6. The molecule has 0 aliphatic rings. The third-order valence-corrected chi connectivity index (χ3v) is 5.70. The Hall–Kier alpha value is -4.29. The SMILES string of the molecule is CS(=O)(=O)Nc1cncc(-c2cnc3n[nH]c(-c4cc5c(C(=O)NN)cccc5[nH]4)c3c2)c1. The summed E-state index contributed by atoms with van der Waals surface area (Å²) in [5.74, 6) is 4.92. The lowest BCUT2D eigenvalue weighted by molar-refractivity contribution is 0.0955. The number of nitrogen functional groups attached to an aromatic ring is 1. The van der Waals surface area contributed by atoms with Crippen LogP contribution in [0.25, 0.3) is 44.5 Å². The highest BCUT2D eigenvalue weighted by Crippen LogP contribution is 2.32. The Kier molecular flexibility index (Phi) is 4.80. The summed E-state index contributed by atoms with van der Waals surface area (Å²) in [5, 5.41) is 8.73. The van der Waals surface area contributed by atoms with Crippen LogP contribution in [0.4, 0.5) is 5.69 Å². The molecule has 0 saturated carbocycles. The molecule has 0 unspecified atom stereocenters. The summed E-state index contributed by atoms with van der Waals surface area (Å²) in [4.78, 5) is 24.0. The number of sulfonamides is 1. The van der Waals surface area contributed by atoms with Crippen molar-refractivity contribution in [3.05, 3.63) is 60.6 Å². The second-order valence-electron chi connectivity index (χ2n) is 7.45. The van der Waals surface area contributed by atoms with Crippen LogP contribution in [0.15, 0.2) is 55.0 Å². The van der Waals surface area contributed by atoms with E-state index in [9.17, 15) is 13.2 Å². The van der Waals surface area contributed by atoms with Crippen molar-refractivity contribution in [1.29, 1.82) is 0 Å². The number of nitrogens with two attached hydrogens (primary N) is 1. The number of fused-ring (bicyclic) bond motifs is 2. The van der Waals surface area contributed by atoms with E-state index in [0.717, 1.165) is 22.7 Å². The molecule has 1 amide bonds. The minimum atomic E-state index is -3.43. The fourth-order valence-electron chi connectivity index (χ4n) is 3.70. The smallest absolute Gasteiger partial charge is 0.265 e. The predicted octanol–water partition coefficient (Wildman–Crippen LogP) is 2.14. The number of anilines is 1. The zero-order chi connectivity index (χ0) is 23.2. The number of nitrogens with one attached hydrogen (secondary N) is 4. The van der Waals surface area contributed by atoms with Gasteiger partial charge in [-0.15, -0.1) is 0 Å². The van der Waals surface area contributed by atoms with Gasteiger partial charge in [0, 0.05) is 39.8 Å². The normalized spacial score (nSPS) is 11.7. The number of carbonyl (C=O) groups is 1. The molecule has 33 heavy (non-hydrogen) atoms. The summed E-state index contributed by atoms with van der Waals surface area (Å²) in [5.41, 5.74) is 7.05. The van der Waals surface area contributed by atoms with Gasteiger partial charge in [-0.25, -0.2) is 19.2 Å². The summed E-state index contributed by atoms with van der Waals surface area (Å²) in [6, 6.07) is 10.7. The number of carbonyl (C=O) groups excluding carboxylic acids is 1. The molecule has 0 aliphatic carbocycles. The highest BCUT2D eigenvalue weighted by molar-refractivity contribution is 7.92. The van der Waals surface area contributed by atoms with Crippen LogP contribution in [0.1, 0.15) is 10.4 Å². The lowest BCUT2D eigenvalue weighted by Crippen LogP contribution is -2.30. The number of benzene rings is 1. The second kappa shape index (κ2) is 7.69. The van der Waals surface area contributed by atoms with Crippen LogP contribution in [-0.2, 0) is 10.0 Å². The molecule has 5 rings (SSSR count). The zero-order valence-corrected chi connectivity index (χ0v) is 18.1. The van der Waals surface area contributed by atoms with Gasteiger partial charge >= 0.3 is 0 Å². The number of amides is 1. The molecule has 0 radical (unpaired) electrons. The quantitative estimate of drug-likeness (QED) is 0.151. The molecular formula is C21H18N8O3S. The number of nitrogens with zero attached hydrogens (tertiary/aromatic N) is 3. The summed E-state index contributed by atoms with van der Waals surface area (Å²) in [6.07, 6.45) is 5.77. The highest BCUT2D eigenvalue weighted by atomic mass is 32.2. The van der Waals surface area contributed by atoms with Gasteiger partial charge in [-0.1, -0.05) is 6.07 Å². The third-order valence-electron chi connectivity index (χ3n) is 5.09. The van der Waals surface area contributed by atoms with E-state index in [1.807, 2.05) is 18.2 Å². The van der Waals surface area contributed by atoms with Crippen molar-refractivity contribution in [2.75, 3.05) is 11.0 Å². The van der Waals surface area contributed by atoms with Crippen molar-refractivity contribution in [3.63, 3.8) is 0 Å². The number of aromatic amines is 2.